The molecule has 2 aliphatic heterocycles. The van der Waals surface area contributed by atoms with E-state index in [4.69, 9.17) is 0 Å². The standard InChI is InChI=1S/C22H21FN4O/c23-17-8-4-5-15(11-17)12-21(28)27-18-9-10-19(27)14-26-20(13-18)24-25-22(26)16-6-2-1-3-7-16/h1-8,11,18-19H,9-10,12-14H2. The first kappa shape index (κ1) is 17.1. The lowest BCUT2D eigenvalue weighted by molar-refractivity contribution is -0.133. The van der Waals surface area contributed by atoms with Crippen molar-refractivity contribution in [3.8, 4) is 11.4 Å². The smallest absolute Gasteiger partial charge is 0.227 e. The van der Waals surface area contributed by atoms with Crippen LogP contribution in [0.25, 0.3) is 11.4 Å². The largest absolute Gasteiger partial charge is 0.334 e. The number of nitrogens with zero attached hydrogens (tertiary/aromatic N) is 4. The highest BCUT2D eigenvalue weighted by atomic mass is 19.1. The maximum Gasteiger partial charge on any atom is 0.227 e. The van der Waals surface area contributed by atoms with Crippen LogP contribution in [0.1, 0.15) is 24.2 Å². The minimum Gasteiger partial charge on any atom is -0.334 e. The van der Waals surface area contributed by atoms with Crippen molar-refractivity contribution in [2.45, 2.75) is 44.3 Å². The molecule has 2 aromatic carbocycles. The maximum absolute atomic E-state index is 13.5. The Morgan fingerprint density at radius 2 is 1.86 bits per heavy atom. The first-order chi connectivity index (χ1) is 13.7. The molecule has 0 spiro atoms. The topological polar surface area (TPSA) is 51.0 Å². The van der Waals surface area contributed by atoms with Crippen molar-refractivity contribution in [3.05, 3.63) is 71.8 Å². The summed E-state index contributed by atoms with van der Waals surface area (Å²) in [5, 5.41) is 8.85. The van der Waals surface area contributed by atoms with Crippen molar-refractivity contribution in [2.24, 2.45) is 0 Å². The zero-order valence-corrected chi connectivity index (χ0v) is 15.5. The Balaban J connectivity index is 1.42. The molecule has 6 heteroatoms. The molecule has 142 valence electrons. The van der Waals surface area contributed by atoms with Crippen LogP contribution in [0.2, 0.25) is 0 Å². The van der Waals surface area contributed by atoms with E-state index in [1.165, 1.54) is 12.1 Å². The Kier molecular flexibility index (Phi) is 4.19. The van der Waals surface area contributed by atoms with Gasteiger partial charge in [-0.3, -0.25) is 4.79 Å². The van der Waals surface area contributed by atoms with Gasteiger partial charge in [0.2, 0.25) is 5.91 Å². The number of benzene rings is 2. The van der Waals surface area contributed by atoms with Gasteiger partial charge in [-0.1, -0.05) is 42.5 Å². The molecule has 2 atom stereocenters. The summed E-state index contributed by atoms with van der Waals surface area (Å²) in [4.78, 5) is 15.1. The Hall–Kier alpha value is -3.02. The van der Waals surface area contributed by atoms with Gasteiger partial charge in [0.1, 0.15) is 11.6 Å². The van der Waals surface area contributed by atoms with Gasteiger partial charge >= 0.3 is 0 Å². The van der Waals surface area contributed by atoms with E-state index in [-0.39, 0.29) is 30.2 Å². The first-order valence-electron chi connectivity index (χ1n) is 9.72. The highest BCUT2D eigenvalue weighted by molar-refractivity contribution is 5.80. The van der Waals surface area contributed by atoms with Gasteiger partial charge in [0.25, 0.3) is 0 Å². The van der Waals surface area contributed by atoms with E-state index in [9.17, 15) is 9.18 Å². The lowest BCUT2D eigenvalue weighted by Crippen LogP contribution is -2.42. The van der Waals surface area contributed by atoms with Crippen LogP contribution in [0.4, 0.5) is 4.39 Å². The Morgan fingerprint density at radius 1 is 1.04 bits per heavy atom. The van der Waals surface area contributed by atoms with Gasteiger partial charge in [0.05, 0.1) is 12.5 Å². The van der Waals surface area contributed by atoms with Gasteiger partial charge in [0.15, 0.2) is 5.82 Å². The number of carbonyl (C=O) groups is 1. The Morgan fingerprint density at radius 3 is 2.68 bits per heavy atom. The average molecular weight is 376 g/mol. The van der Waals surface area contributed by atoms with E-state index in [2.05, 4.69) is 14.8 Å². The number of amides is 1. The SMILES string of the molecule is O=C(Cc1cccc(F)c1)N1C2CCC1Cn1c(nnc1-c1ccccc1)C2. The van der Waals surface area contributed by atoms with Crippen LogP contribution in [0, 0.1) is 5.82 Å². The second-order valence-electron chi connectivity index (χ2n) is 7.61. The molecule has 3 heterocycles. The second-order valence-corrected chi connectivity index (χ2v) is 7.61. The van der Waals surface area contributed by atoms with Crippen LogP contribution in [-0.4, -0.2) is 37.7 Å². The van der Waals surface area contributed by atoms with Crippen molar-refractivity contribution in [1.82, 2.24) is 19.7 Å². The van der Waals surface area contributed by atoms with E-state index >= 15 is 0 Å². The maximum atomic E-state index is 13.5. The molecule has 1 aromatic heterocycles. The zero-order chi connectivity index (χ0) is 19.1. The monoisotopic (exact) mass is 376 g/mol. The summed E-state index contributed by atoms with van der Waals surface area (Å²) < 4.78 is 15.7. The second kappa shape index (κ2) is 6.86. The Bertz CT molecular complexity index is 1020. The summed E-state index contributed by atoms with van der Waals surface area (Å²) in [5.74, 6) is 1.57. The van der Waals surface area contributed by atoms with E-state index in [0.717, 1.165) is 35.6 Å². The number of hydrogen-bond donors (Lipinski definition) is 0. The molecular weight excluding hydrogens is 355 g/mol. The molecule has 28 heavy (non-hydrogen) atoms. The van der Waals surface area contributed by atoms with Gasteiger partial charge < -0.3 is 9.47 Å². The van der Waals surface area contributed by atoms with Crippen LogP contribution in [-0.2, 0) is 24.2 Å². The van der Waals surface area contributed by atoms with Crippen molar-refractivity contribution in [3.63, 3.8) is 0 Å². The number of carbonyl (C=O) groups excluding carboxylic acids is 1. The van der Waals surface area contributed by atoms with Crippen LogP contribution in [0.15, 0.2) is 54.6 Å². The lowest BCUT2D eigenvalue weighted by Gasteiger charge is -2.28. The first-order valence-corrected chi connectivity index (χ1v) is 9.72. The van der Waals surface area contributed by atoms with Crippen molar-refractivity contribution >= 4 is 5.91 Å². The van der Waals surface area contributed by atoms with Gasteiger partial charge in [-0.25, -0.2) is 4.39 Å². The third-order valence-corrected chi connectivity index (χ3v) is 5.82. The van der Waals surface area contributed by atoms with Crippen LogP contribution < -0.4 is 0 Å². The molecule has 0 aliphatic carbocycles. The van der Waals surface area contributed by atoms with Crippen LogP contribution in [0.5, 0.6) is 0 Å². The molecule has 3 aromatic rings. The molecule has 1 saturated heterocycles. The molecule has 5 nitrogen and oxygen atoms in total. The third kappa shape index (κ3) is 2.99. The molecule has 2 bridgehead atoms. The van der Waals surface area contributed by atoms with E-state index in [1.807, 2.05) is 41.3 Å². The molecule has 0 N–H and O–H groups in total. The van der Waals surface area contributed by atoms with Crippen molar-refractivity contribution in [1.29, 1.82) is 0 Å². The number of rotatable bonds is 3. The van der Waals surface area contributed by atoms with E-state index < -0.39 is 0 Å². The van der Waals surface area contributed by atoms with Gasteiger partial charge in [-0.05, 0) is 30.5 Å². The highest BCUT2D eigenvalue weighted by Crippen LogP contribution is 2.33. The average Bonchev–Trinajstić information content (AvgIpc) is 3.22. The number of halogens is 1. The van der Waals surface area contributed by atoms with Gasteiger partial charge in [-0.15, -0.1) is 10.2 Å². The summed E-state index contributed by atoms with van der Waals surface area (Å²) >= 11 is 0. The number of fused-ring (bicyclic) bond motifs is 3. The molecule has 0 radical (unpaired) electrons. The molecule has 1 fully saturated rings. The minimum atomic E-state index is -0.303. The lowest BCUT2D eigenvalue weighted by atomic mass is 10.1. The van der Waals surface area contributed by atoms with Crippen LogP contribution >= 0.6 is 0 Å². The number of aromatic nitrogens is 3. The summed E-state index contributed by atoms with van der Waals surface area (Å²) in [6.07, 6.45) is 2.90. The molecule has 2 aliphatic rings. The number of hydrogen-bond acceptors (Lipinski definition) is 3. The van der Waals surface area contributed by atoms with Crippen molar-refractivity contribution < 1.29 is 9.18 Å². The van der Waals surface area contributed by atoms with E-state index in [0.29, 0.717) is 13.0 Å². The van der Waals surface area contributed by atoms with Gasteiger partial charge in [0, 0.05) is 24.6 Å². The summed E-state index contributed by atoms with van der Waals surface area (Å²) in [5.41, 5.74) is 1.76. The summed E-state index contributed by atoms with van der Waals surface area (Å²) in [6.45, 7) is 0.706. The van der Waals surface area contributed by atoms with Crippen molar-refractivity contribution in [2.75, 3.05) is 0 Å². The van der Waals surface area contributed by atoms with Gasteiger partial charge in [-0.2, -0.15) is 0 Å². The molecule has 0 saturated carbocycles. The highest BCUT2D eigenvalue weighted by Gasteiger charge is 2.40. The molecule has 1 amide bonds. The van der Waals surface area contributed by atoms with Crippen LogP contribution in [0.3, 0.4) is 0 Å². The quantitative estimate of drug-likeness (QED) is 0.705. The fourth-order valence-corrected chi connectivity index (χ4v) is 4.56. The Labute approximate surface area is 162 Å². The third-order valence-electron chi connectivity index (χ3n) is 5.82. The normalized spacial score (nSPS) is 20.7. The minimum absolute atomic E-state index is 0.0677. The predicted molar refractivity (Wildman–Crippen MR) is 103 cm³/mol. The fraction of sp³-hybridized carbons (Fsp3) is 0.318. The predicted octanol–water partition coefficient (Wildman–Crippen LogP) is 3.24. The summed E-state index contributed by atoms with van der Waals surface area (Å²) in [6, 6.07) is 16.6. The molecule has 5 rings (SSSR count). The summed E-state index contributed by atoms with van der Waals surface area (Å²) in [7, 11) is 0. The van der Waals surface area contributed by atoms with E-state index in [1.54, 1.807) is 6.07 Å². The molecule has 2 unspecified atom stereocenters. The fourth-order valence-electron chi connectivity index (χ4n) is 4.56. The molecular formula is C22H21FN4O. The zero-order valence-electron chi connectivity index (χ0n) is 15.5.